The maximum Gasteiger partial charge on any atom is 0.264 e. The van der Waals surface area contributed by atoms with Crippen molar-refractivity contribution in [3.05, 3.63) is 49.0 Å². The highest BCUT2D eigenvalue weighted by Gasteiger charge is 2.21. The summed E-state index contributed by atoms with van der Waals surface area (Å²) in [5, 5.41) is 0. The lowest BCUT2D eigenvalue weighted by atomic mass is 10.1. The number of hydrogen-bond acceptors (Lipinski definition) is 3. The molecule has 0 fully saturated rings. The number of carbonyl (C=O) groups is 1. The van der Waals surface area contributed by atoms with E-state index in [0.29, 0.717) is 17.1 Å². The van der Waals surface area contributed by atoms with Gasteiger partial charge in [-0.25, -0.2) is 0 Å². The predicted octanol–water partition coefficient (Wildman–Crippen LogP) is 4.91. The molecule has 1 aromatic carbocycles. The van der Waals surface area contributed by atoms with E-state index in [1.807, 2.05) is 49.1 Å². The van der Waals surface area contributed by atoms with Crippen LogP contribution in [0, 0.1) is 0 Å². The Kier molecular flexibility index (Phi) is 5.46. The Hall–Kier alpha value is -0.850. The minimum Gasteiger partial charge on any atom is -0.399 e. The molecule has 0 aliphatic carbocycles. The molecular formula is C15H16Br2N2OS. The van der Waals surface area contributed by atoms with Crippen LogP contribution in [0.5, 0.6) is 0 Å². The Morgan fingerprint density at radius 2 is 2.05 bits per heavy atom. The molecule has 21 heavy (non-hydrogen) atoms. The van der Waals surface area contributed by atoms with Crippen molar-refractivity contribution in [3.8, 4) is 0 Å². The number of rotatable bonds is 4. The van der Waals surface area contributed by atoms with Gasteiger partial charge in [0.15, 0.2) is 0 Å². The van der Waals surface area contributed by atoms with Gasteiger partial charge in [-0.15, -0.1) is 11.3 Å². The molecule has 0 unspecified atom stereocenters. The third-order valence-corrected chi connectivity index (χ3v) is 6.29. The first-order valence-electron chi connectivity index (χ1n) is 6.48. The lowest BCUT2D eigenvalue weighted by Crippen LogP contribution is -2.36. The maximum absolute atomic E-state index is 12.7. The Balaban J connectivity index is 2.24. The summed E-state index contributed by atoms with van der Waals surface area (Å²) >= 11 is 8.29. The molecule has 0 radical (unpaired) electrons. The van der Waals surface area contributed by atoms with Crippen LogP contribution in [0.3, 0.4) is 0 Å². The van der Waals surface area contributed by atoms with Gasteiger partial charge in [-0.3, -0.25) is 4.79 Å². The van der Waals surface area contributed by atoms with Crippen molar-refractivity contribution in [1.82, 2.24) is 4.90 Å². The molecule has 2 aromatic rings. The molecule has 0 bridgehead atoms. The third kappa shape index (κ3) is 4.08. The van der Waals surface area contributed by atoms with Gasteiger partial charge in [-0.05, 0) is 69.5 Å². The number of amides is 1. The van der Waals surface area contributed by atoms with Gasteiger partial charge in [-0.1, -0.05) is 12.1 Å². The lowest BCUT2D eigenvalue weighted by molar-refractivity contribution is 0.0695. The van der Waals surface area contributed by atoms with Crippen LogP contribution in [0.4, 0.5) is 5.69 Å². The smallest absolute Gasteiger partial charge is 0.264 e. The van der Waals surface area contributed by atoms with E-state index in [0.717, 1.165) is 13.8 Å². The summed E-state index contributed by atoms with van der Waals surface area (Å²) in [6.45, 7) is 4.58. The molecule has 0 saturated carbocycles. The van der Waals surface area contributed by atoms with Crippen LogP contribution < -0.4 is 5.73 Å². The molecule has 3 nitrogen and oxygen atoms in total. The molecule has 112 valence electrons. The van der Waals surface area contributed by atoms with Crippen LogP contribution in [-0.4, -0.2) is 16.8 Å². The van der Waals surface area contributed by atoms with E-state index in [1.165, 1.54) is 11.3 Å². The van der Waals surface area contributed by atoms with Crippen molar-refractivity contribution >= 4 is 54.8 Å². The Labute approximate surface area is 145 Å². The van der Waals surface area contributed by atoms with Gasteiger partial charge in [0, 0.05) is 22.7 Å². The fourth-order valence-electron chi connectivity index (χ4n) is 1.97. The van der Waals surface area contributed by atoms with Crippen molar-refractivity contribution in [2.45, 2.75) is 26.4 Å². The Morgan fingerprint density at radius 3 is 2.57 bits per heavy atom. The summed E-state index contributed by atoms with van der Waals surface area (Å²) in [5.74, 6) is 0.0313. The first-order valence-corrected chi connectivity index (χ1v) is 8.89. The van der Waals surface area contributed by atoms with Gasteiger partial charge in [0.2, 0.25) is 0 Å². The number of nitrogens with two attached hydrogens (primary N) is 1. The van der Waals surface area contributed by atoms with Crippen molar-refractivity contribution < 1.29 is 4.79 Å². The molecule has 1 heterocycles. The molecule has 0 spiro atoms. The highest BCUT2D eigenvalue weighted by molar-refractivity contribution is 9.13. The molecule has 6 heteroatoms. The average Bonchev–Trinajstić information content (AvgIpc) is 2.75. The first kappa shape index (κ1) is 16.5. The van der Waals surface area contributed by atoms with Crippen LogP contribution >= 0.6 is 43.2 Å². The summed E-state index contributed by atoms with van der Waals surface area (Å²) in [6, 6.07) is 9.61. The first-order chi connectivity index (χ1) is 9.88. The lowest BCUT2D eigenvalue weighted by Gasteiger charge is -2.26. The van der Waals surface area contributed by atoms with Gasteiger partial charge in [-0.2, -0.15) is 0 Å². The molecule has 0 aliphatic rings. The van der Waals surface area contributed by atoms with Gasteiger partial charge < -0.3 is 10.6 Å². The standard InChI is InChI=1S/C15H16Br2N2OS/c1-9(2)19(8-10-4-3-5-11(18)6-10)15(20)13-7-12(16)14(17)21-13/h3-7,9H,8,18H2,1-2H3. The van der Waals surface area contributed by atoms with E-state index in [9.17, 15) is 4.79 Å². The van der Waals surface area contributed by atoms with Crippen LogP contribution in [0.25, 0.3) is 0 Å². The number of nitrogen functional groups attached to an aromatic ring is 1. The highest BCUT2D eigenvalue weighted by atomic mass is 79.9. The van der Waals surface area contributed by atoms with Crippen molar-refractivity contribution in [2.75, 3.05) is 5.73 Å². The summed E-state index contributed by atoms with van der Waals surface area (Å²) in [4.78, 5) is 15.3. The van der Waals surface area contributed by atoms with Crippen LogP contribution in [-0.2, 0) is 6.54 Å². The van der Waals surface area contributed by atoms with Crippen LogP contribution in [0.15, 0.2) is 38.6 Å². The minimum absolute atomic E-state index is 0.0313. The zero-order valence-electron chi connectivity index (χ0n) is 11.8. The number of anilines is 1. The minimum atomic E-state index is 0.0313. The number of carbonyl (C=O) groups excluding carboxylic acids is 1. The van der Waals surface area contributed by atoms with Crippen molar-refractivity contribution in [1.29, 1.82) is 0 Å². The van der Waals surface area contributed by atoms with Crippen molar-refractivity contribution in [2.24, 2.45) is 0 Å². The number of benzene rings is 1. The molecule has 0 atom stereocenters. The summed E-state index contributed by atoms with van der Waals surface area (Å²) in [5.41, 5.74) is 7.55. The molecule has 0 saturated heterocycles. The fraction of sp³-hybridized carbons (Fsp3) is 0.267. The average molecular weight is 432 g/mol. The number of halogens is 2. The number of thiophene rings is 1. The largest absolute Gasteiger partial charge is 0.399 e. The van der Waals surface area contributed by atoms with Crippen LogP contribution in [0.2, 0.25) is 0 Å². The second kappa shape index (κ2) is 6.94. The highest BCUT2D eigenvalue weighted by Crippen LogP contribution is 2.33. The van der Waals surface area contributed by atoms with Gasteiger partial charge in [0.1, 0.15) is 0 Å². The molecule has 0 aliphatic heterocycles. The summed E-state index contributed by atoms with van der Waals surface area (Å²) < 4.78 is 1.84. The number of nitrogens with zero attached hydrogens (tertiary/aromatic N) is 1. The third-order valence-electron chi connectivity index (χ3n) is 3.04. The molecule has 1 amide bonds. The monoisotopic (exact) mass is 430 g/mol. The molecule has 1 aromatic heterocycles. The normalized spacial score (nSPS) is 10.9. The predicted molar refractivity (Wildman–Crippen MR) is 95.6 cm³/mol. The summed E-state index contributed by atoms with van der Waals surface area (Å²) in [6.07, 6.45) is 0. The van der Waals surface area contributed by atoms with E-state index < -0.39 is 0 Å². The quantitative estimate of drug-likeness (QED) is 0.699. The zero-order valence-corrected chi connectivity index (χ0v) is 15.8. The Bertz CT molecular complexity index is 635. The summed E-state index contributed by atoms with van der Waals surface area (Å²) in [7, 11) is 0. The second-order valence-electron chi connectivity index (χ2n) is 5.00. The van der Waals surface area contributed by atoms with Gasteiger partial charge in [0.05, 0.1) is 8.66 Å². The number of hydrogen-bond donors (Lipinski definition) is 1. The zero-order chi connectivity index (χ0) is 15.6. The topological polar surface area (TPSA) is 46.3 Å². The van der Waals surface area contributed by atoms with E-state index in [2.05, 4.69) is 31.9 Å². The molecule has 2 rings (SSSR count). The molecular weight excluding hydrogens is 416 g/mol. The van der Waals surface area contributed by atoms with Gasteiger partial charge in [0.25, 0.3) is 5.91 Å². The van der Waals surface area contributed by atoms with Crippen LogP contribution in [0.1, 0.15) is 29.1 Å². The Morgan fingerprint density at radius 1 is 1.33 bits per heavy atom. The van der Waals surface area contributed by atoms with E-state index >= 15 is 0 Å². The maximum atomic E-state index is 12.7. The van der Waals surface area contributed by atoms with Gasteiger partial charge >= 0.3 is 0 Å². The van der Waals surface area contributed by atoms with E-state index in [1.54, 1.807) is 0 Å². The van der Waals surface area contributed by atoms with E-state index in [4.69, 9.17) is 5.73 Å². The SMILES string of the molecule is CC(C)N(Cc1cccc(N)c1)C(=O)c1cc(Br)c(Br)s1. The van der Waals surface area contributed by atoms with E-state index in [-0.39, 0.29) is 11.9 Å². The fourth-order valence-corrected chi connectivity index (χ4v) is 3.96. The second-order valence-corrected chi connectivity index (χ2v) is 8.23. The van der Waals surface area contributed by atoms with Crippen molar-refractivity contribution in [3.63, 3.8) is 0 Å². The molecule has 2 N–H and O–H groups in total.